The van der Waals surface area contributed by atoms with Crippen LogP contribution in [0.3, 0.4) is 0 Å². The van der Waals surface area contributed by atoms with E-state index in [-0.39, 0.29) is 0 Å². The van der Waals surface area contributed by atoms with Gasteiger partial charge in [0.25, 0.3) is 0 Å². The maximum Gasteiger partial charge on any atom is 0.0549 e. The van der Waals surface area contributed by atoms with Crippen LogP contribution in [-0.2, 0) is 0 Å². The van der Waals surface area contributed by atoms with Gasteiger partial charge in [0.2, 0.25) is 0 Å². The summed E-state index contributed by atoms with van der Waals surface area (Å²) < 4.78 is 4.88. The molecule has 42 heavy (non-hydrogen) atoms. The van der Waals surface area contributed by atoms with Crippen molar-refractivity contribution in [2.45, 2.75) is 0 Å². The van der Waals surface area contributed by atoms with E-state index >= 15 is 0 Å². The second kappa shape index (κ2) is 8.95. The van der Waals surface area contributed by atoms with Gasteiger partial charge in [-0.1, -0.05) is 115 Å². The van der Waals surface area contributed by atoms with Crippen LogP contribution in [0.1, 0.15) is 0 Å². The number of hydrogen-bond acceptors (Lipinski definition) is 0. The molecule has 9 aromatic rings. The van der Waals surface area contributed by atoms with Gasteiger partial charge in [0.1, 0.15) is 0 Å². The fourth-order valence-electron chi connectivity index (χ4n) is 6.83. The Balaban J connectivity index is 1.40. The Hall–Kier alpha value is -5.60. The Kier molecular flexibility index (Phi) is 4.93. The van der Waals surface area contributed by atoms with Crippen molar-refractivity contribution >= 4 is 54.4 Å². The van der Waals surface area contributed by atoms with Gasteiger partial charge in [0, 0.05) is 32.6 Å². The normalized spacial score (nSPS) is 11.8. The van der Waals surface area contributed by atoms with Crippen molar-refractivity contribution in [1.29, 1.82) is 0 Å². The molecule has 0 spiro atoms. The van der Waals surface area contributed by atoms with Crippen LogP contribution >= 0.6 is 0 Å². The second-order valence-corrected chi connectivity index (χ2v) is 11.0. The van der Waals surface area contributed by atoms with E-state index in [0.717, 1.165) is 0 Å². The molecule has 2 aromatic heterocycles. The van der Waals surface area contributed by atoms with Crippen LogP contribution in [0.2, 0.25) is 0 Å². The summed E-state index contributed by atoms with van der Waals surface area (Å²) in [4.78, 5) is 0. The zero-order chi connectivity index (χ0) is 27.6. The summed E-state index contributed by atoms with van der Waals surface area (Å²) >= 11 is 0. The van der Waals surface area contributed by atoms with Crippen molar-refractivity contribution in [1.82, 2.24) is 9.13 Å². The van der Waals surface area contributed by atoms with E-state index in [1.54, 1.807) is 0 Å². The molecule has 196 valence electrons. The van der Waals surface area contributed by atoms with E-state index in [1.165, 1.54) is 76.9 Å². The Bertz CT molecular complexity index is 2450. The number of hydrogen-bond donors (Lipinski definition) is 0. The average Bonchev–Trinajstić information content (AvgIpc) is 3.56. The van der Waals surface area contributed by atoms with Crippen molar-refractivity contribution in [2.75, 3.05) is 0 Å². The third-order valence-corrected chi connectivity index (χ3v) is 8.69. The molecule has 2 heterocycles. The highest BCUT2D eigenvalue weighted by molar-refractivity contribution is 6.19. The number of para-hydroxylation sites is 2. The molecule has 0 saturated heterocycles. The standard InChI is InChI=1S/C40H26N2/c1-2-12-27(13-3-1)29-16-10-17-30(24-29)41-37-21-8-6-19-32(37)34-26-40-35(25-39(34)41)33-20-7-9-22-38(33)42(40)36-23-11-15-28-14-4-5-18-31(28)36/h1-26H. The molecule has 0 amide bonds. The molecule has 0 saturated carbocycles. The van der Waals surface area contributed by atoms with Crippen LogP contribution in [0, 0.1) is 0 Å². The first-order valence-electron chi connectivity index (χ1n) is 14.5. The second-order valence-electron chi connectivity index (χ2n) is 11.0. The molecule has 2 nitrogen and oxygen atoms in total. The van der Waals surface area contributed by atoms with Crippen molar-refractivity contribution < 1.29 is 0 Å². The fourth-order valence-corrected chi connectivity index (χ4v) is 6.83. The molecular formula is C40H26N2. The molecule has 9 rings (SSSR count). The Morgan fingerprint density at radius 2 is 0.857 bits per heavy atom. The van der Waals surface area contributed by atoms with E-state index in [0.29, 0.717) is 0 Å². The van der Waals surface area contributed by atoms with Crippen molar-refractivity contribution in [2.24, 2.45) is 0 Å². The number of rotatable bonds is 3. The smallest absolute Gasteiger partial charge is 0.0549 e. The van der Waals surface area contributed by atoms with Crippen LogP contribution in [0.25, 0.3) is 76.9 Å². The highest BCUT2D eigenvalue weighted by Gasteiger charge is 2.19. The molecule has 0 aliphatic carbocycles. The largest absolute Gasteiger partial charge is 0.309 e. The van der Waals surface area contributed by atoms with Gasteiger partial charge in [0.05, 0.1) is 27.8 Å². The van der Waals surface area contributed by atoms with Gasteiger partial charge in [0.15, 0.2) is 0 Å². The molecule has 0 atom stereocenters. The minimum atomic E-state index is 1.17. The molecule has 0 bridgehead atoms. The van der Waals surface area contributed by atoms with E-state index in [9.17, 15) is 0 Å². The molecule has 0 unspecified atom stereocenters. The molecule has 0 N–H and O–H groups in total. The quantitative estimate of drug-likeness (QED) is 0.213. The molecule has 2 heteroatoms. The Morgan fingerprint density at radius 3 is 1.62 bits per heavy atom. The van der Waals surface area contributed by atoms with Crippen LogP contribution < -0.4 is 0 Å². The van der Waals surface area contributed by atoms with E-state index in [2.05, 4.69) is 167 Å². The van der Waals surface area contributed by atoms with Gasteiger partial charge in [-0.15, -0.1) is 0 Å². The van der Waals surface area contributed by atoms with Gasteiger partial charge in [-0.3, -0.25) is 0 Å². The first-order chi connectivity index (χ1) is 20.8. The van der Waals surface area contributed by atoms with E-state index in [4.69, 9.17) is 0 Å². The minimum absolute atomic E-state index is 1.17. The Labute approximate surface area is 243 Å². The summed E-state index contributed by atoms with van der Waals surface area (Å²) in [5.74, 6) is 0. The first kappa shape index (κ1) is 23.1. The third-order valence-electron chi connectivity index (χ3n) is 8.69. The van der Waals surface area contributed by atoms with E-state index < -0.39 is 0 Å². The summed E-state index contributed by atoms with van der Waals surface area (Å²) in [6.45, 7) is 0. The lowest BCUT2D eigenvalue weighted by Gasteiger charge is -2.12. The van der Waals surface area contributed by atoms with Crippen LogP contribution in [0.15, 0.2) is 158 Å². The maximum absolute atomic E-state index is 2.45. The van der Waals surface area contributed by atoms with Gasteiger partial charge in [-0.25, -0.2) is 0 Å². The summed E-state index contributed by atoms with van der Waals surface area (Å²) in [6, 6.07) is 57.2. The number of fused-ring (bicyclic) bond motifs is 7. The topological polar surface area (TPSA) is 9.86 Å². The summed E-state index contributed by atoms with van der Waals surface area (Å²) in [5.41, 5.74) is 9.69. The molecule has 0 aliphatic rings. The van der Waals surface area contributed by atoms with E-state index in [1.807, 2.05) is 0 Å². The number of aromatic nitrogens is 2. The predicted molar refractivity (Wildman–Crippen MR) is 178 cm³/mol. The maximum atomic E-state index is 2.45. The fraction of sp³-hybridized carbons (Fsp3) is 0. The van der Waals surface area contributed by atoms with Gasteiger partial charge >= 0.3 is 0 Å². The van der Waals surface area contributed by atoms with Crippen molar-refractivity contribution in [3.05, 3.63) is 158 Å². The Morgan fingerprint density at radius 1 is 0.310 bits per heavy atom. The zero-order valence-electron chi connectivity index (χ0n) is 22.9. The third kappa shape index (κ3) is 3.33. The highest BCUT2D eigenvalue weighted by atomic mass is 15.0. The molecule has 7 aromatic carbocycles. The lowest BCUT2D eigenvalue weighted by molar-refractivity contribution is 1.18. The lowest BCUT2D eigenvalue weighted by atomic mass is 10.1. The first-order valence-corrected chi connectivity index (χ1v) is 14.5. The van der Waals surface area contributed by atoms with Crippen LogP contribution in [-0.4, -0.2) is 9.13 Å². The SMILES string of the molecule is c1ccc(-c2cccc(-n3c4ccccc4c4cc5c(cc43)c3ccccc3n5-c3cccc4ccccc34)c2)cc1. The lowest BCUT2D eigenvalue weighted by Crippen LogP contribution is -1.96. The monoisotopic (exact) mass is 534 g/mol. The van der Waals surface area contributed by atoms with Crippen LogP contribution in [0.5, 0.6) is 0 Å². The van der Waals surface area contributed by atoms with Gasteiger partial charge < -0.3 is 9.13 Å². The molecule has 0 aliphatic heterocycles. The van der Waals surface area contributed by atoms with Crippen LogP contribution in [0.4, 0.5) is 0 Å². The average molecular weight is 535 g/mol. The number of benzene rings is 7. The predicted octanol–water partition coefficient (Wildman–Crippen LogP) is 10.7. The van der Waals surface area contributed by atoms with Crippen molar-refractivity contribution in [3.63, 3.8) is 0 Å². The molecular weight excluding hydrogens is 508 g/mol. The molecule has 0 radical (unpaired) electrons. The van der Waals surface area contributed by atoms with Crippen molar-refractivity contribution in [3.8, 4) is 22.5 Å². The summed E-state index contributed by atoms with van der Waals surface area (Å²) in [7, 11) is 0. The summed E-state index contributed by atoms with van der Waals surface area (Å²) in [6.07, 6.45) is 0. The zero-order valence-corrected chi connectivity index (χ0v) is 22.9. The number of nitrogens with zero attached hydrogens (tertiary/aromatic N) is 2. The van der Waals surface area contributed by atoms with Gasteiger partial charge in [-0.05, 0) is 59.0 Å². The summed E-state index contributed by atoms with van der Waals surface area (Å²) in [5, 5.41) is 7.54. The van der Waals surface area contributed by atoms with Gasteiger partial charge in [-0.2, -0.15) is 0 Å². The minimum Gasteiger partial charge on any atom is -0.309 e. The molecule has 0 fully saturated rings. The highest BCUT2D eigenvalue weighted by Crippen LogP contribution is 2.40.